The van der Waals surface area contributed by atoms with Crippen molar-refractivity contribution < 1.29 is 18.7 Å². The Balaban J connectivity index is 2.90. The van der Waals surface area contributed by atoms with E-state index in [1.54, 1.807) is 39.0 Å². The molecule has 0 N–H and O–H groups in total. The van der Waals surface area contributed by atoms with Gasteiger partial charge in [-0.3, -0.25) is 4.79 Å². The fourth-order valence-corrected chi connectivity index (χ4v) is 1.44. The van der Waals surface area contributed by atoms with Gasteiger partial charge in [0, 0.05) is 5.56 Å². The molecule has 112 valence electrons. The summed E-state index contributed by atoms with van der Waals surface area (Å²) in [6, 6.07) is 7.14. The van der Waals surface area contributed by atoms with E-state index in [0.717, 1.165) is 12.5 Å². The van der Waals surface area contributed by atoms with E-state index >= 15 is 0 Å². The first-order chi connectivity index (χ1) is 9.52. The van der Waals surface area contributed by atoms with Crippen LogP contribution < -0.4 is 0 Å². The number of ketones is 1. The smallest absolute Gasteiger partial charge is 0.353 e. The monoisotopic (exact) mass is 290 g/mol. The van der Waals surface area contributed by atoms with Gasteiger partial charge in [-0.2, -0.15) is 0 Å². The molecule has 4 heteroatoms. The number of rotatable bonds is 2. The molecule has 0 amide bonds. The number of benzene rings is 1. The Labute approximate surface area is 124 Å². The zero-order chi connectivity index (χ0) is 16.3. The Hall–Kier alpha value is -2.15. The molecule has 1 unspecified atom stereocenters. The summed E-state index contributed by atoms with van der Waals surface area (Å²) < 4.78 is 19.2. The lowest BCUT2D eigenvalue weighted by Gasteiger charge is -2.23. The molecule has 1 rings (SSSR count). The first kappa shape index (κ1) is 16.9. The lowest BCUT2D eigenvalue weighted by molar-refractivity contribution is -0.169. The lowest BCUT2D eigenvalue weighted by Crippen LogP contribution is -2.43. The fourth-order valence-electron chi connectivity index (χ4n) is 1.44. The summed E-state index contributed by atoms with van der Waals surface area (Å²) in [6.07, 6.45) is 0. The van der Waals surface area contributed by atoms with Gasteiger partial charge in [-0.1, -0.05) is 18.1 Å². The van der Waals surface area contributed by atoms with Gasteiger partial charge in [0.15, 0.2) is 0 Å². The number of ether oxygens (including phenoxy) is 1. The topological polar surface area (TPSA) is 43.4 Å². The molecular formula is C17H19FO3. The minimum Gasteiger partial charge on any atom is -0.457 e. The van der Waals surface area contributed by atoms with Gasteiger partial charge < -0.3 is 4.74 Å². The van der Waals surface area contributed by atoms with Crippen LogP contribution in [-0.4, -0.2) is 23.0 Å². The molecule has 1 aromatic carbocycles. The molecular weight excluding hydrogens is 271 g/mol. The number of halogens is 1. The van der Waals surface area contributed by atoms with Crippen molar-refractivity contribution in [2.24, 2.45) is 0 Å². The Kier molecular flexibility index (Phi) is 4.90. The third-order valence-corrected chi connectivity index (χ3v) is 2.55. The molecule has 0 fully saturated rings. The zero-order valence-corrected chi connectivity index (χ0v) is 12.9. The molecule has 1 atom stereocenters. The molecule has 1 aromatic rings. The van der Waals surface area contributed by atoms with Crippen molar-refractivity contribution in [3.8, 4) is 11.8 Å². The summed E-state index contributed by atoms with van der Waals surface area (Å²) in [6.45, 7) is 7.55. The van der Waals surface area contributed by atoms with Gasteiger partial charge in [0.1, 0.15) is 5.60 Å². The standard InChI is InChI=1S/C17H19FO3/c1-12-7-6-8-13(11-12)9-10-14(19)17(5,18)15(20)21-16(2,3)4/h6-8,11H,1-5H3. The van der Waals surface area contributed by atoms with E-state index in [-0.39, 0.29) is 0 Å². The van der Waals surface area contributed by atoms with Gasteiger partial charge in [0.25, 0.3) is 11.5 Å². The number of alkyl halides is 1. The number of Topliss-reactive ketones (excluding diaryl/α,β-unsaturated/α-hetero) is 1. The molecule has 3 nitrogen and oxygen atoms in total. The highest BCUT2D eigenvalue weighted by molar-refractivity contribution is 6.15. The van der Waals surface area contributed by atoms with Crippen LogP contribution in [0.4, 0.5) is 4.39 Å². The van der Waals surface area contributed by atoms with E-state index in [1.165, 1.54) is 0 Å². The van der Waals surface area contributed by atoms with Crippen molar-refractivity contribution in [2.75, 3.05) is 0 Å². The maximum atomic E-state index is 14.3. The fraction of sp³-hybridized carbons (Fsp3) is 0.412. The molecule has 0 saturated carbocycles. The van der Waals surface area contributed by atoms with Gasteiger partial charge in [-0.25, -0.2) is 9.18 Å². The van der Waals surface area contributed by atoms with Crippen LogP contribution in [0.2, 0.25) is 0 Å². The molecule has 0 aromatic heterocycles. The van der Waals surface area contributed by atoms with Crippen LogP contribution >= 0.6 is 0 Å². The summed E-state index contributed by atoms with van der Waals surface area (Å²) in [7, 11) is 0. The molecule has 21 heavy (non-hydrogen) atoms. The molecule has 0 saturated heterocycles. The minimum atomic E-state index is -2.77. The Morgan fingerprint density at radius 3 is 2.33 bits per heavy atom. The highest BCUT2D eigenvalue weighted by Crippen LogP contribution is 2.19. The largest absolute Gasteiger partial charge is 0.457 e. The second-order valence-electron chi connectivity index (χ2n) is 5.95. The number of carbonyl (C=O) groups excluding carboxylic acids is 2. The lowest BCUT2D eigenvalue weighted by atomic mass is 10.0. The van der Waals surface area contributed by atoms with Crippen molar-refractivity contribution in [2.45, 2.75) is 45.9 Å². The number of carbonyl (C=O) groups is 2. The number of esters is 1. The van der Waals surface area contributed by atoms with E-state index < -0.39 is 23.0 Å². The van der Waals surface area contributed by atoms with Crippen molar-refractivity contribution in [1.29, 1.82) is 0 Å². The van der Waals surface area contributed by atoms with E-state index in [9.17, 15) is 14.0 Å². The molecule has 0 radical (unpaired) electrons. The van der Waals surface area contributed by atoms with Gasteiger partial charge in [0.2, 0.25) is 0 Å². The van der Waals surface area contributed by atoms with Crippen LogP contribution in [0, 0.1) is 18.8 Å². The van der Waals surface area contributed by atoms with Crippen molar-refractivity contribution in [1.82, 2.24) is 0 Å². The first-order valence-corrected chi connectivity index (χ1v) is 6.58. The number of hydrogen-bond donors (Lipinski definition) is 0. The average Bonchev–Trinajstić information content (AvgIpc) is 2.33. The average molecular weight is 290 g/mol. The molecule has 0 heterocycles. The molecule has 0 spiro atoms. The summed E-state index contributed by atoms with van der Waals surface area (Å²) in [5, 5.41) is 0. The second kappa shape index (κ2) is 6.09. The van der Waals surface area contributed by atoms with Crippen LogP contribution in [0.15, 0.2) is 24.3 Å². The van der Waals surface area contributed by atoms with Crippen LogP contribution in [0.25, 0.3) is 0 Å². The maximum Gasteiger partial charge on any atom is 0.353 e. The minimum absolute atomic E-state index is 0.586. The molecule has 0 bridgehead atoms. The van der Waals surface area contributed by atoms with E-state index in [0.29, 0.717) is 5.56 Å². The molecule has 0 aliphatic carbocycles. The van der Waals surface area contributed by atoms with Crippen molar-refractivity contribution in [3.63, 3.8) is 0 Å². The number of aryl methyl sites for hydroxylation is 1. The Morgan fingerprint density at radius 1 is 1.19 bits per heavy atom. The summed E-state index contributed by atoms with van der Waals surface area (Å²) in [5.74, 6) is 2.39. The van der Waals surface area contributed by atoms with Gasteiger partial charge in [0.05, 0.1) is 0 Å². The summed E-state index contributed by atoms with van der Waals surface area (Å²) >= 11 is 0. The van der Waals surface area contributed by atoms with Gasteiger partial charge in [-0.05, 0) is 58.2 Å². The van der Waals surface area contributed by atoms with E-state index in [4.69, 9.17) is 4.74 Å². The SMILES string of the molecule is Cc1cccc(C#CC(=O)C(C)(F)C(=O)OC(C)(C)C)c1. The predicted octanol–water partition coefficient (Wildman–Crippen LogP) is 2.99. The van der Waals surface area contributed by atoms with Crippen LogP contribution in [0.1, 0.15) is 38.8 Å². The van der Waals surface area contributed by atoms with Crippen LogP contribution in [0.5, 0.6) is 0 Å². The summed E-state index contributed by atoms with van der Waals surface area (Å²) in [5.41, 5.74) is -2.08. The predicted molar refractivity (Wildman–Crippen MR) is 78.4 cm³/mol. The van der Waals surface area contributed by atoms with Crippen molar-refractivity contribution >= 4 is 11.8 Å². The Bertz CT molecular complexity index is 613. The molecule has 0 aliphatic heterocycles. The molecule has 0 aliphatic rings. The first-order valence-electron chi connectivity index (χ1n) is 6.58. The number of hydrogen-bond acceptors (Lipinski definition) is 3. The quantitative estimate of drug-likeness (QED) is 0.478. The normalized spacial score (nSPS) is 13.6. The van der Waals surface area contributed by atoms with Gasteiger partial charge >= 0.3 is 5.97 Å². The van der Waals surface area contributed by atoms with Gasteiger partial charge in [-0.15, -0.1) is 0 Å². The summed E-state index contributed by atoms with van der Waals surface area (Å²) in [4.78, 5) is 23.5. The maximum absolute atomic E-state index is 14.3. The van der Waals surface area contributed by atoms with E-state index in [2.05, 4.69) is 11.8 Å². The third kappa shape index (κ3) is 5.03. The second-order valence-corrected chi connectivity index (χ2v) is 5.95. The Morgan fingerprint density at radius 2 is 1.81 bits per heavy atom. The highest BCUT2D eigenvalue weighted by atomic mass is 19.1. The zero-order valence-electron chi connectivity index (χ0n) is 12.9. The van der Waals surface area contributed by atoms with Crippen LogP contribution in [-0.2, 0) is 14.3 Å². The van der Waals surface area contributed by atoms with E-state index in [1.807, 2.05) is 13.0 Å². The third-order valence-electron chi connectivity index (χ3n) is 2.55. The highest BCUT2D eigenvalue weighted by Gasteiger charge is 2.43. The van der Waals surface area contributed by atoms with Crippen LogP contribution in [0.3, 0.4) is 0 Å². The van der Waals surface area contributed by atoms with Crippen molar-refractivity contribution in [3.05, 3.63) is 35.4 Å².